The summed E-state index contributed by atoms with van der Waals surface area (Å²) in [5.74, 6) is 0. The maximum atomic E-state index is 13.2. The number of nitrogens with one attached hydrogen (secondary N) is 2. The lowest BCUT2D eigenvalue weighted by Crippen LogP contribution is -2.35. The molecule has 0 spiro atoms. The van der Waals surface area contributed by atoms with Crippen LogP contribution in [0.25, 0.3) is 23.1 Å². The highest BCUT2D eigenvalue weighted by Gasteiger charge is 2.25. The summed E-state index contributed by atoms with van der Waals surface area (Å²) < 4.78 is 27.9. The molecule has 2 N–H and O–H groups in total. The van der Waals surface area contributed by atoms with Crippen molar-refractivity contribution in [2.75, 3.05) is 18.4 Å². The normalized spacial score (nSPS) is 14.7. The molecule has 3 heterocycles. The average Bonchev–Trinajstić information content (AvgIpc) is 3.40. The number of nitriles is 1. The van der Waals surface area contributed by atoms with Crippen LogP contribution in [0, 0.1) is 25.2 Å². The van der Waals surface area contributed by atoms with Crippen LogP contribution in [0.1, 0.15) is 47.2 Å². The van der Waals surface area contributed by atoms with Crippen molar-refractivity contribution in [3.8, 4) is 6.07 Å². The molecule has 0 saturated carbocycles. The molecule has 1 fully saturated rings. The van der Waals surface area contributed by atoms with Crippen LogP contribution in [0.4, 0.5) is 11.4 Å². The Bertz CT molecular complexity index is 1640. The molecule has 7 nitrogen and oxygen atoms in total. The van der Waals surface area contributed by atoms with Crippen molar-refractivity contribution < 1.29 is 8.42 Å². The van der Waals surface area contributed by atoms with E-state index >= 15 is 0 Å². The maximum absolute atomic E-state index is 13.2. The third-order valence-corrected chi connectivity index (χ3v) is 8.85. The molecule has 37 heavy (non-hydrogen) atoms. The Morgan fingerprint density at radius 2 is 1.89 bits per heavy atom. The van der Waals surface area contributed by atoms with E-state index in [9.17, 15) is 13.7 Å². The first-order valence-corrected chi connectivity index (χ1v) is 13.8. The van der Waals surface area contributed by atoms with Crippen LogP contribution >= 0.6 is 0 Å². The Kier molecular flexibility index (Phi) is 6.83. The molecule has 0 amide bonds. The first-order valence-electron chi connectivity index (χ1n) is 12.4. The predicted molar refractivity (Wildman–Crippen MR) is 148 cm³/mol. The quantitative estimate of drug-likeness (QED) is 0.324. The fourth-order valence-corrected chi connectivity index (χ4v) is 6.38. The van der Waals surface area contributed by atoms with Gasteiger partial charge < -0.3 is 10.3 Å². The largest absolute Gasteiger partial charge is 0.361 e. The molecular weight excluding hydrogens is 482 g/mol. The molecule has 0 atom stereocenters. The molecule has 8 heteroatoms. The number of fused-ring (bicyclic) bond motifs is 1. The monoisotopic (exact) mass is 511 g/mol. The average molecular weight is 512 g/mol. The van der Waals surface area contributed by atoms with E-state index in [1.165, 1.54) is 0 Å². The molecule has 0 unspecified atom stereocenters. The fraction of sp³-hybridized carbons (Fsp3) is 0.241. The highest BCUT2D eigenvalue weighted by Crippen LogP contribution is 2.32. The lowest BCUT2D eigenvalue weighted by atomic mass is 10.0. The minimum atomic E-state index is -3.52. The molecule has 5 rings (SSSR count). The van der Waals surface area contributed by atoms with Gasteiger partial charge in [0.25, 0.3) is 0 Å². The van der Waals surface area contributed by atoms with Crippen molar-refractivity contribution in [3.63, 3.8) is 0 Å². The van der Waals surface area contributed by atoms with E-state index in [2.05, 4.69) is 21.4 Å². The van der Waals surface area contributed by atoms with E-state index in [1.807, 2.05) is 56.5 Å². The summed E-state index contributed by atoms with van der Waals surface area (Å²) in [5.41, 5.74) is 6.42. The lowest BCUT2D eigenvalue weighted by molar-refractivity contribution is 0.346. The Balaban J connectivity index is 1.50. The SMILES string of the molecule is Cc1ncc(C#N)c(Nc2ccc3[nH]ccc3c2C)c1/C=C/c1cccc(S(=O)(=O)N2CCCCC2)c1. The molecule has 2 aromatic carbocycles. The summed E-state index contributed by atoms with van der Waals surface area (Å²) in [4.78, 5) is 7.94. The molecule has 1 saturated heterocycles. The number of aromatic nitrogens is 2. The van der Waals surface area contributed by atoms with Crippen molar-refractivity contribution in [1.29, 1.82) is 5.26 Å². The van der Waals surface area contributed by atoms with Crippen LogP contribution in [0.2, 0.25) is 0 Å². The third-order valence-electron chi connectivity index (χ3n) is 6.95. The highest BCUT2D eigenvalue weighted by molar-refractivity contribution is 7.89. The van der Waals surface area contributed by atoms with Gasteiger partial charge in [0.15, 0.2) is 0 Å². The van der Waals surface area contributed by atoms with E-state index in [1.54, 1.807) is 28.7 Å². The molecule has 0 radical (unpaired) electrons. The van der Waals surface area contributed by atoms with E-state index in [4.69, 9.17) is 0 Å². The minimum absolute atomic E-state index is 0.297. The standard InChI is InChI=1S/C29H29N5O2S/c1-20-25-13-14-31-28(25)12-11-27(20)33-29-23(18-30)19-32-21(2)26(29)10-9-22-7-6-8-24(17-22)37(35,36)34-15-4-3-5-16-34/h6-14,17,19,31H,3-5,15-16H2,1-2H3,(H,32,33)/b10-9+. The van der Waals surface area contributed by atoms with Gasteiger partial charge in [-0.2, -0.15) is 9.57 Å². The third kappa shape index (κ3) is 4.88. The van der Waals surface area contributed by atoms with Crippen molar-refractivity contribution in [3.05, 3.63) is 82.8 Å². The number of anilines is 2. The summed E-state index contributed by atoms with van der Waals surface area (Å²) >= 11 is 0. The maximum Gasteiger partial charge on any atom is 0.243 e. The summed E-state index contributed by atoms with van der Waals surface area (Å²) in [7, 11) is -3.52. The van der Waals surface area contributed by atoms with Gasteiger partial charge in [0.1, 0.15) is 6.07 Å². The molecule has 0 bridgehead atoms. The number of piperidine rings is 1. The van der Waals surface area contributed by atoms with Crippen molar-refractivity contribution in [1.82, 2.24) is 14.3 Å². The Morgan fingerprint density at radius 1 is 1.08 bits per heavy atom. The number of pyridine rings is 1. The number of hydrogen-bond donors (Lipinski definition) is 2. The zero-order valence-electron chi connectivity index (χ0n) is 21.0. The van der Waals surface area contributed by atoms with E-state index < -0.39 is 10.0 Å². The molecule has 1 aliphatic heterocycles. The van der Waals surface area contributed by atoms with Crippen molar-refractivity contribution in [2.24, 2.45) is 0 Å². The number of nitrogens with zero attached hydrogens (tertiary/aromatic N) is 3. The second kappa shape index (κ2) is 10.2. The van der Waals surface area contributed by atoms with Crippen LogP contribution in [0.5, 0.6) is 0 Å². The Morgan fingerprint density at radius 3 is 2.68 bits per heavy atom. The first-order chi connectivity index (χ1) is 17.9. The zero-order valence-corrected chi connectivity index (χ0v) is 21.8. The number of sulfonamides is 1. The van der Waals surface area contributed by atoms with Gasteiger partial charge in [-0.1, -0.05) is 30.7 Å². The van der Waals surface area contributed by atoms with Crippen LogP contribution in [0.3, 0.4) is 0 Å². The lowest BCUT2D eigenvalue weighted by Gasteiger charge is -2.25. The van der Waals surface area contributed by atoms with Gasteiger partial charge in [0.05, 0.1) is 16.1 Å². The number of aromatic amines is 1. The minimum Gasteiger partial charge on any atom is -0.361 e. The molecule has 188 valence electrons. The van der Waals surface area contributed by atoms with Crippen LogP contribution < -0.4 is 5.32 Å². The predicted octanol–water partition coefficient (Wildman–Crippen LogP) is 6.14. The second-order valence-electron chi connectivity index (χ2n) is 9.33. The van der Waals surface area contributed by atoms with Gasteiger partial charge in [-0.15, -0.1) is 0 Å². The smallest absolute Gasteiger partial charge is 0.243 e. The van der Waals surface area contributed by atoms with Gasteiger partial charge in [-0.05, 0) is 68.1 Å². The molecule has 0 aliphatic carbocycles. The molecule has 1 aliphatic rings. The van der Waals surface area contributed by atoms with E-state index in [-0.39, 0.29) is 0 Å². The van der Waals surface area contributed by atoms with Gasteiger partial charge in [0.2, 0.25) is 10.0 Å². The number of hydrogen-bond acceptors (Lipinski definition) is 5. The highest BCUT2D eigenvalue weighted by atomic mass is 32.2. The number of rotatable bonds is 6. The van der Waals surface area contributed by atoms with Gasteiger partial charge in [-0.3, -0.25) is 4.98 Å². The van der Waals surface area contributed by atoms with Crippen molar-refractivity contribution in [2.45, 2.75) is 38.0 Å². The summed E-state index contributed by atoms with van der Waals surface area (Å²) in [6, 6.07) is 15.3. The summed E-state index contributed by atoms with van der Waals surface area (Å²) in [6.45, 7) is 5.07. The topological polar surface area (TPSA) is 102 Å². The van der Waals surface area contributed by atoms with Gasteiger partial charge >= 0.3 is 0 Å². The summed E-state index contributed by atoms with van der Waals surface area (Å²) in [5, 5.41) is 14.4. The molecule has 4 aromatic rings. The van der Waals surface area contributed by atoms with E-state index in [0.717, 1.165) is 58.2 Å². The van der Waals surface area contributed by atoms with Gasteiger partial charge in [0, 0.05) is 53.3 Å². The first kappa shape index (κ1) is 24.8. The Hall–Kier alpha value is -3.93. The number of benzene rings is 2. The van der Waals surface area contributed by atoms with Crippen LogP contribution in [0.15, 0.2) is 59.8 Å². The second-order valence-corrected chi connectivity index (χ2v) is 11.3. The molecular formula is C29H29N5O2S. The fourth-order valence-electron chi connectivity index (χ4n) is 4.81. The number of aryl methyl sites for hydroxylation is 2. The van der Waals surface area contributed by atoms with Crippen LogP contribution in [-0.4, -0.2) is 35.8 Å². The zero-order chi connectivity index (χ0) is 26.0. The number of H-pyrrole nitrogens is 1. The molecule has 2 aromatic heterocycles. The van der Waals surface area contributed by atoms with Crippen molar-refractivity contribution >= 4 is 44.5 Å². The van der Waals surface area contributed by atoms with Gasteiger partial charge in [-0.25, -0.2) is 8.42 Å². The van der Waals surface area contributed by atoms with E-state index in [0.29, 0.717) is 29.2 Å². The Labute approximate surface area is 217 Å². The summed E-state index contributed by atoms with van der Waals surface area (Å²) in [6.07, 6.45) is 10.1. The van der Waals surface area contributed by atoms with Crippen LogP contribution in [-0.2, 0) is 10.0 Å².